The minimum absolute atomic E-state index is 0.182. The standard InChI is InChI=1S/C46H86NO14P/c1-5-9-13-15-17-19-21-23-27-29-36(57-40(50)31-25-11-7-3)33-39(49)47-43-45(44(61-62(54,55)56)38(35-48)59-46(43)53)60-42(52)34-37(58-41(51)32-26-12-8-4)30-28-24-22-20-18-16-14-10-6-2/h36-38,43-46,48,53H,5-35H2,1-4H3,(H,47,49)(H2,54,55,56)/t36-,37-,38-,43+,44-,45-,46+/m1/s1. The largest absolute Gasteiger partial charge is 0.470 e. The molecule has 0 aromatic rings. The molecule has 0 radical (unpaired) electrons. The molecule has 0 saturated carbocycles. The number of nitrogens with one attached hydrogen (secondary N) is 1. The molecule has 0 unspecified atom stereocenters. The molecule has 0 aromatic heterocycles. The van der Waals surface area contributed by atoms with E-state index < -0.39 is 87.5 Å². The van der Waals surface area contributed by atoms with Gasteiger partial charge in [-0.15, -0.1) is 0 Å². The van der Waals surface area contributed by atoms with Gasteiger partial charge < -0.3 is 44.3 Å². The zero-order chi connectivity index (χ0) is 46.0. The molecular weight excluding hydrogens is 821 g/mol. The highest BCUT2D eigenvalue weighted by atomic mass is 31.2. The normalized spacial score (nSPS) is 20.0. The van der Waals surface area contributed by atoms with Crippen LogP contribution in [0.1, 0.15) is 220 Å². The maximum Gasteiger partial charge on any atom is 0.470 e. The summed E-state index contributed by atoms with van der Waals surface area (Å²) in [5.41, 5.74) is 0. The summed E-state index contributed by atoms with van der Waals surface area (Å²) in [5, 5.41) is 23.8. The second-order valence-corrected chi connectivity index (χ2v) is 18.3. The smallest absolute Gasteiger partial charge is 0.462 e. The third kappa shape index (κ3) is 28.6. The molecule has 0 aromatic carbocycles. The van der Waals surface area contributed by atoms with Crippen molar-refractivity contribution in [2.24, 2.45) is 0 Å². The van der Waals surface area contributed by atoms with Gasteiger partial charge in [-0.05, 0) is 38.5 Å². The molecule has 5 N–H and O–H groups in total. The van der Waals surface area contributed by atoms with E-state index in [9.17, 15) is 43.7 Å². The average molecular weight is 908 g/mol. The van der Waals surface area contributed by atoms with Crippen LogP contribution >= 0.6 is 7.82 Å². The van der Waals surface area contributed by atoms with Crippen molar-refractivity contribution in [2.75, 3.05) is 6.61 Å². The third-order valence-corrected chi connectivity index (χ3v) is 11.8. The van der Waals surface area contributed by atoms with Crippen molar-refractivity contribution < 1.29 is 67.2 Å². The molecule has 1 aliphatic rings. The third-order valence-electron chi connectivity index (χ3n) is 11.3. The zero-order valence-electron chi connectivity index (χ0n) is 38.8. The van der Waals surface area contributed by atoms with E-state index in [2.05, 4.69) is 19.2 Å². The first-order valence-electron chi connectivity index (χ1n) is 24.3. The van der Waals surface area contributed by atoms with Crippen LogP contribution in [0.5, 0.6) is 0 Å². The lowest BCUT2D eigenvalue weighted by Crippen LogP contribution is -2.65. The highest BCUT2D eigenvalue weighted by Crippen LogP contribution is 2.42. The molecule has 1 fully saturated rings. The van der Waals surface area contributed by atoms with Crippen LogP contribution < -0.4 is 5.32 Å². The molecule has 1 heterocycles. The fourth-order valence-corrected chi connectivity index (χ4v) is 8.36. The summed E-state index contributed by atoms with van der Waals surface area (Å²) < 4.78 is 39.9. The number of phosphoric acid groups is 1. The molecule has 0 spiro atoms. The highest BCUT2D eigenvalue weighted by molar-refractivity contribution is 7.46. The lowest BCUT2D eigenvalue weighted by atomic mass is 9.96. The highest BCUT2D eigenvalue weighted by Gasteiger charge is 2.51. The Hall–Kier alpha value is -2.13. The van der Waals surface area contributed by atoms with Crippen LogP contribution in [0.2, 0.25) is 0 Å². The molecule has 15 nitrogen and oxygen atoms in total. The molecule has 364 valence electrons. The summed E-state index contributed by atoms with van der Waals surface area (Å²) in [7, 11) is -5.32. The molecule has 0 bridgehead atoms. The van der Waals surface area contributed by atoms with Gasteiger partial charge in [0.1, 0.15) is 30.5 Å². The molecule has 1 amide bonds. The Bertz CT molecular complexity index is 1230. The number of unbranched alkanes of at least 4 members (excludes halogenated alkanes) is 20. The topological polar surface area (TPSA) is 224 Å². The van der Waals surface area contributed by atoms with Gasteiger partial charge in [0.2, 0.25) is 5.91 Å². The fraction of sp³-hybridized carbons (Fsp3) is 0.913. The van der Waals surface area contributed by atoms with Gasteiger partial charge in [-0.25, -0.2) is 4.57 Å². The summed E-state index contributed by atoms with van der Waals surface area (Å²) in [6.07, 6.45) is 15.9. The van der Waals surface area contributed by atoms with Gasteiger partial charge in [-0.1, -0.05) is 156 Å². The minimum atomic E-state index is -5.32. The van der Waals surface area contributed by atoms with Gasteiger partial charge in [0, 0.05) is 12.8 Å². The SMILES string of the molecule is CCCCCCCCCCC[C@H](CC(=O)N[C@H]1[C@@H](OC(=O)C[C@@H](CCCCCCCCCCC)OC(=O)CCCCC)[C@H](OP(=O)(O)O)[C@@H](CO)O[C@@H]1O)OC(=O)CCCCC. The van der Waals surface area contributed by atoms with E-state index in [4.69, 9.17) is 23.5 Å². The summed E-state index contributed by atoms with van der Waals surface area (Å²) in [6, 6.07) is -1.62. The second-order valence-electron chi connectivity index (χ2n) is 17.1. The molecule has 0 aliphatic carbocycles. The number of amides is 1. The minimum Gasteiger partial charge on any atom is -0.462 e. The van der Waals surface area contributed by atoms with Crippen molar-refractivity contribution in [3.8, 4) is 0 Å². The Kier molecular flexibility index (Phi) is 33.7. The van der Waals surface area contributed by atoms with Crippen LogP contribution in [-0.4, -0.2) is 93.3 Å². The van der Waals surface area contributed by atoms with E-state index in [1.165, 1.54) is 51.4 Å². The number of rotatable bonds is 39. The number of phosphoric ester groups is 1. The van der Waals surface area contributed by atoms with Gasteiger partial charge in [-0.2, -0.15) is 0 Å². The molecule has 62 heavy (non-hydrogen) atoms. The number of hydrogen-bond donors (Lipinski definition) is 5. The molecule has 1 saturated heterocycles. The van der Waals surface area contributed by atoms with Crippen molar-refractivity contribution in [3.63, 3.8) is 0 Å². The van der Waals surface area contributed by atoms with Crippen molar-refractivity contribution in [1.29, 1.82) is 0 Å². The molecule has 1 rings (SSSR count). The average Bonchev–Trinajstić information content (AvgIpc) is 3.21. The monoisotopic (exact) mass is 908 g/mol. The Morgan fingerprint density at radius 2 is 0.984 bits per heavy atom. The van der Waals surface area contributed by atoms with Crippen LogP contribution in [-0.2, 0) is 47.2 Å². The van der Waals surface area contributed by atoms with Crippen LogP contribution in [0.4, 0.5) is 0 Å². The number of aliphatic hydroxyl groups is 2. The number of ether oxygens (including phenoxy) is 4. The Morgan fingerprint density at radius 3 is 1.40 bits per heavy atom. The Labute approximate surface area is 373 Å². The summed E-state index contributed by atoms with van der Waals surface area (Å²) >= 11 is 0. The maximum atomic E-state index is 13.7. The molecule has 1 aliphatic heterocycles. The van der Waals surface area contributed by atoms with E-state index in [1.807, 2.05) is 13.8 Å². The lowest BCUT2D eigenvalue weighted by molar-refractivity contribution is -0.256. The zero-order valence-corrected chi connectivity index (χ0v) is 39.7. The quantitative estimate of drug-likeness (QED) is 0.0168. The van der Waals surface area contributed by atoms with E-state index in [1.54, 1.807) is 0 Å². The van der Waals surface area contributed by atoms with Crippen molar-refractivity contribution >= 4 is 31.6 Å². The summed E-state index contributed by atoms with van der Waals surface area (Å²) in [5.74, 6) is -2.53. The van der Waals surface area contributed by atoms with E-state index in [0.29, 0.717) is 38.5 Å². The van der Waals surface area contributed by atoms with Crippen LogP contribution in [0.15, 0.2) is 0 Å². The molecule has 7 atom stereocenters. The number of aliphatic hydroxyl groups excluding tert-OH is 2. The predicted octanol–water partition coefficient (Wildman–Crippen LogP) is 9.18. The predicted molar refractivity (Wildman–Crippen MR) is 238 cm³/mol. The number of esters is 3. The van der Waals surface area contributed by atoms with Gasteiger partial charge in [0.05, 0.1) is 19.4 Å². The first kappa shape index (κ1) is 57.9. The number of carbonyl (C=O) groups is 4. The van der Waals surface area contributed by atoms with E-state index in [-0.39, 0.29) is 19.3 Å². The Morgan fingerprint density at radius 1 is 0.581 bits per heavy atom. The van der Waals surface area contributed by atoms with Gasteiger partial charge in [-0.3, -0.25) is 23.7 Å². The second kappa shape index (κ2) is 36.1. The fourth-order valence-electron chi connectivity index (χ4n) is 7.78. The van der Waals surface area contributed by atoms with E-state index in [0.717, 1.165) is 77.0 Å². The maximum absolute atomic E-state index is 13.7. The number of carbonyl (C=O) groups excluding carboxylic acids is 4. The first-order valence-corrected chi connectivity index (χ1v) is 25.9. The van der Waals surface area contributed by atoms with Crippen molar-refractivity contribution in [3.05, 3.63) is 0 Å². The van der Waals surface area contributed by atoms with Crippen molar-refractivity contribution in [1.82, 2.24) is 5.32 Å². The summed E-state index contributed by atoms with van der Waals surface area (Å²) in [4.78, 5) is 72.7. The van der Waals surface area contributed by atoms with Crippen LogP contribution in [0.25, 0.3) is 0 Å². The van der Waals surface area contributed by atoms with Gasteiger partial charge in [0.15, 0.2) is 12.4 Å². The van der Waals surface area contributed by atoms with Gasteiger partial charge in [0.25, 0.3) is 0 Å². The summed E-state index contributed by atoms with van der Waals surface area (Å²) in [6.45, 7) is 7.52. The Balaban J connectivity index is 3.19. The first-order chi connectivity index (χ1) is 29.8. The molecule has 16 heteroatoms. The number of hydrogen-bond acceptors (Lipinski definition) is 12. The van der Waals surface area contributed by atoms with E-state index >= 15 is 0 Å². The van der Waals surface area contributed by atoms with Gasteiger partial charge >= 0.3 is 25.7 Å². The van der Waals surface area contributed by atoms with Crippen LogP contribution in [0.3, 0.4) is 0 Å². The van der Waals surface area contributed by atoms with Crippen LogP contribution in [0, 0.1) is 0 Å². The van der Waals surface area contributed by atoms with Crippen molar-refractivity contribution in [2.45, 2.75) is 263 Å². The lowest BCUT2D eigenvalue weighted by Gasteiger charge is -2.43. The molecular formula is C46H86NO14P.